The molecule has 2 rings (SSSR count). The standard InChI is InChI=1S/C18H27NO2/c1-5-16-8-6-7-9-19(16)18(20)12-21-17-11-14(3)13(2)10-15(17)4/h10-11,16H,5-9,12H2,1-4H3. The number of nitrogens with zero attached hydrogens (tertiary/aromatic N) is 1. The van der Waals surface area contributed by atoms with Gasteiger partial charge in [-0.25, -0.2) is 0 Å². The van der Waals surface area contributed by atoms with Crippen molar-refractivity contribution in [3.63, 3.8) is 0 Å². The fourth-order valence-electron chi connectivity index (χ4n) is 3.07. The summed E-state index contributed by atoms with van der Waals surface area (Å²) in [4.78, 5) is 14.4. The van der Waals surface area contributed by atoms with Crippen molar-refractivity contribution in [3.8, 4) is 5.75 Å². The highest BCUT2D eigenvalue weighted by atomic mass is 16.5. The molecule has 1 unspecified atom stereocenters. The molecule has 0 spiro atoms. The predicted molar refractivity (Wildman–Crippen MR) is 85.8 cm³/mol. The molecule has 1 aromatic carbocycles. The van der Waals surface area contributed by atoms with Crippen molar-refractivity contribution in [3.05, 3.63) is 28.8 Å². The first-order valence-corrected chi connectivity index (χ1v) is 8.03. The van der Waals surface area contributed by atoms with E-state index in [-0.39, 0.29) is 12.5 Å². The van der Waals surface area contributed by atoms with Gasteiger partial charge in [0.2, 0.25) is 0 Å². The Balaban J connectivity index is 1.99. The van der Waals surface area contributed by atoms with Crippen molar-refractivity contribution in [1.82, 2.24) is 4.90 Å². The van der Waals surface area contributed by atoms with Crippen molar-refractivity contribution in [2.45, 2.75) is 59.4 Å². The summed E-state index contributed by atoms with van der Waals surface area (Å²) in [6.45, 7) is 9.39. The summed E-state index contributed by atoms with van der Waals surface area (Å²) in [6, 6.07) is 4.55. The van der Waals surface area contributed by atoms with E-state index >= 15 is 0 Å². The Morgan fingerprint density at radius 2 is 1.90 bits per heavy atom. The number of likely N-dealkylation sites (tertiary alicyclic amines) is 1. The summed E-state index contributed by atoms with van der Waals surface area (Å²) >= 11 is 0. The van der Waals surface area contributed by atoms with Crippen molar-refractivity contribution >= 4 is 5.91 Å². The summed E-state index contributed by atoms with van der Waals surface area (Å²) in [7, 11) is 0. The number of rotatable bonds is 4. The first-order valence-electron chi connectivity index (χ1n) is 8.03. The van der Waals surface area contributed by atoms with E-state index in [1.165, 1.54) is 17.5 Å². The maximum atomic E-state index is 12.4. The Hall–Kier alpha value is -1.51. The zero-order chi connectivity index (χ0) is 15.4. The van der Waals surface area contributed by atoms with E-state index in [0.29, 0.717) is 6.04 Å². The summed E-state index contributed by atoms with van der Waals surface area (Å²) in [5, 5.41) is 0. The SMILES string of the molecule is CCC1CCCCN1C(=O)COc1cc(C)c(C)cc1C. The van der Waals surface area contributed by atoms with Crippen LogP contribution in [0.25, 0.3) is 0 Å². The Kier molecular flexibility index (Phi) is 5.27. The van der Waals surface area contributed by atoms with Gasteiger partial charge in [0.25, 0.3) is 5.91 Å². The van der Waals surface area contributed by atoms with Gasteiger partial charge >= 0.3 is 0 Å². The Morgan fingerprint density at radius 3 is 2.62 bits per heavy atom. The van der Waals surface area contributed by atoms with E-state index in [9.17, 15) is 4.79 Å². The van der Waals surface area contributed by atoms with Crippen LogP contribution in [0.3, 0.4) is 0 Å². The van der Waals surface area contributed by atoms with Gasteiger partial charge in [0.1, 0.15) is 5.75 Å². The van der Waals surface area contributed by atoms with Crippen LogP contribution in [0.1, 0.15) is 49.3 Å². The van der Waals surface area contributed by atoms with Crippen LogP contribution < -0.4 is 4.74 Å². The number of hydrogen-bond acceptors (Lipinski definition) is 2. The zero-order valence-electron chi connectivity index (χ0n) is 13.7. The van der Waals surface area contributed by atoms with Crippen molar-refractivity contribution in [2.24, 2.45) is 0 Å². The topological polar surface area (TPSA) is 29.5 Å². The van der Waals surface area contributed by atoms with E-state index in [2.05, 4.69) is 26.8 Å². The van der Waals surface area contributed by atoms with Gasteiger partial charge < -0.3 is 9.64 Å². The minimum absolute atomic E-state index is 0.124. The molecule has 0 bridgehead atoms. The minimum Gasteiger partial charge on any atom is -0.483 e. The molecule has 1 amide bonds. The Bertz CT molecular complexity index is 510. The van der Waals surface area contributed by atoms with Crippen LogP contribution in [0.5, 0.6) is 5.75 Å². The molecule has 0 saturated carbocycles. The fraction of sp³-hybridized carbons (Fsp3) is 0.611. The second-order valence-electron chi connectivity index (χ2n) is 6.14. The summed E-state index contributed by atoms with van der Waals surface area (Å²) in [5.41, 5.74) is 3.55. The molecular weight excluding hydrogens is 262 g/mol. The van der Waals surface area contributed by atoms with Gasteiger partial charge in [0.05, 0.1) is 0 Å². The Labute approximate surface area is 128 Å². The molecule has 1 aliphatic rings. The average molecular weight is 289 g/mol. The van der Waals surface area contributed by atoms with E-state index < -0.39 is 0 Å². The molecule has 3 nitrogen and oxygen atoms in total. The molecule has 1 aliphatic heterocycles. The third-order valence-electron chi connectivity index (χ3n) is 4.56. The molecule has 21 heavy (non-hydrogen) atoms. The number of carbonyl (C=O) groups is 1. The van der Waals surface area contributed by atoms with Gasteiger partial charge in [-0.3, -0.25) is 4.79 Å². The number of hydrogen-bond donors (Lipinski definition) is 0. The summed E-state index contributed by atoms with van der Waals surface area (Å²) in [5.74, 6) is 0.954. The van der Waals surface area contributed by atoms with Gasteiger partial charge in [-0.2, -0.15) is 0 Å². The van der Waals surface area contributed by atoms with Gasteiger partial charge in [0.15, 0.2) is 6.61 Å². The second kappa shape index (κ2) is 6.97. The van der Waals surface area contributed by atoms with Gasteiger partial charge in [-0.15, -0.1) is 0 Å². The fourth-order valence-corrected chi connectivity index (χ4v) is 3.07. The van der Waals surface area contributed by atoms with E-state index in [1.807, 2.05) is 17.9 Å². The lowest BCUT2D eigenvalue weighted by Crippen LogP contribution is -2.45. The number of carbonyl (C=O) groups excluding carboxylic acids is 1. The molecule has 1 atom stereocenters. The zero-order valence-corrected chi connectivity index (χ0v) is 13.7. The minimum atomic E-state index is 0.124. The van der Waals surface area contributed by atoms with Crippen LogP contribution >= 0.6 is 0 Å². The predicted octanol–water partition coefficient (Wildman–Crippen LogP) is 3.78. The summed E-state index contributed by atoms with van der Waals surface area (Å²) in [6.07, 6.45) is 4.52. The number of benzene rings is 1. The quantitative estimate of drug-likeness (QED) is 0.844. The molecule has 3 heteroatoms. The average Bonchev–Trinajstić information content (AvgIpc) is 2.49. The number of ether oxygens (including phenoxy) is 1. The van der Waals surface area contributed by atoms with Crippen LogP contribution in [0.2, 0.25) is 0 Å². The molecule has 1 saturated heterocycles. The van der Waals surface area contributed by atoms with Crippen molar-refractivity contribution < 1.29 is 9.53 Å². The maximum Gasteiger partial charge on any atom is 0.260 e. The lowest BCUT2D eigenvalue weighted by atomic mass is 10.00. The van der Waals surface area contributed by atoms with Crippen LogP contribution in [0, 0.1) is 20.8 Å². The number of piperidine rings is 1. The third-order valence-corrected chi connectivity index (χ3v) is 4.56. The smallest absolute Gasteiger partial charge is 0.260 e. The third kappa shape index (κ3) is 3.78. The maximum absolute atomic E-state index is 12.4. The molecule has 1 heterocycles. The van der Waals surface area contributed by atoms with Crippen molar-refractivity contribution in [2.75, 3.05) is 13.2 Å². The van der Waals surface area contributed by atoms with E-state index in [0.717, 1.165) is 37.1 Å². The highest BCUT2D eigenvalue weighted by Crippen LogP contribution is 2.23. The molecule has 1 fully saturated rings. The first kappa shape index (κ1) is 15.9. The van der Waals surface area contributed by atoms with Crippen LogP contribution in [-0.4, -0.2) is 30.0 Å². The molecule has 0 aliphatic carbocycles. The lowest BCUT2D eigenvalue weighted by Gasteiger charge is -2.35. The van der Waals surface area contributed by atoms with Gasteiger partial charge in [-0.1, -0.05) is 13.0 Å². The van der Waals surface area contributed by atoms with Gasteiger partial charge in [-0.05, 0) is 69.2 Å². The lowest BCUT2D eigenvalue weighted by molar-refractivity contribution is -0.137. The largest absolute Gasteiger partial charge is 0.483 e. The molecule has 0 radical (unpaired) electrons. The Morgan fingerprint density at radius 1 is 1.19 bits per heavy atom. The molecule has 1 aromatic rings. The van der Waals surface area contributed by atoms with Crippen LogP contribution in [0.15, 0.2) is 12.1 Å². The van der Waals surface area contributed by atoms with Crippen LogP contribution in [-0.2, 0) is 4.79 Å². The van der Waals surface area contributed by atoms with Crippen molar-refractivity contribution in [1.29, 1.82) is 0 Å². The highest BCUT2D eigenvalue weighted by Gasteiger charge is 2.25. The number of amides is 1. The molecule has 116 valence electrons. The molecule has 0 N–H and O–H groups in total. The van der Waals surface area contributed by atoms with Crippen LogP contribution in [0.4, 0.5) is 0 Å². The molecular formula is C18H27NO2. The monoisotopic (exact) mass is 289 g/mol. The van der Waals surface area contributed by atoms with E-state index in [1.54, 1.807) is 0 Å². The summed E-state index contributed by atoms with van der Waals surface area (Å²) < 4.78 is 5.79. The van der Waals surface area contributed by atoms with Gasteiger partial charge in [0, 0.05) is 12.6 Å². The highest BCUT2D eigenvalue weighted by molar-refractivity contribution is 5.78. The molecule has 0 aromatic heterocycles. The number of aryl methyl sites for hydroxylation is 3. The second-order valence-corrected chi connectivity index (χ2v) is 6.14. The normalized spacial score (nSPS) is 18.7. The first-order chi connectivity index (χ1) is 10.0. The van der Waals surface area contributed by atoms with E-state index in [4.69, 9.17) is 4.74 Å².